The molecule has 1 N–H and O–H groups in total. The largest absolute Gasteiger partial charge is 0.548 e. The zero-order valence-electron chi connectivity index (χ0n) is 15.7. The Morgan fingerprint density at radius 2 is 1.67 bits per heavy atom. The van der Waals surface area contributed by atoms with Gasteiger partial charge in [0.05, 0.1) is 12.0 Å². The first-order valence-electron chi connectivity index (χ1n) is 8.69. The summed E-state index contributed by atoms with van der Waals surface area (Å²) in [6, 6.07) is 16.6. The molecule has 0 aromatic heterocycles. The number of carboxylic acid groups (broad SMARTS) is 1. The molecule has 0 saturated carbocycles. The van der Waals surface area contributed by atoms with Gasteiger partial charge in [-0.25, -0.2) is 4.79 Å². The number of nitrogens with one attached hydrogen (secondary N) is 1. The molecule has 144 valence electrons. The van der Waals surface area contributed by atoms with Crippen LogP contribution in [0.3, 0.4) is 0 Å². The fraction of sp³-hybridized carbons (Fsp3) is 0.333. The van der Waals surface area contributed by atoms with E-state index in [1.54, 1.807) is 13.8 Å². The van der Waals surface area contributed by atoms with Crippen LogP contribution in [-0.2, 0) is 15.1 Å². The van der Waals surface area contributed by atoms with Gasteiger partial charge >= 0.3 is 6.09 Å². The molecule has 0 heterocycles. The molecule has 6 heteroatoms. The van der Waals surface area contributed by atoms with Gasteiger partial charge in [-0.2, -0.15) is 11.8 Å². The van der Waals surface area contributed by atoms with Crippen molar-refractivity contribution in [2.45, 2.75) is 31.9 Å². The van der Waals surface area contributed by atoms with Gasteiger partial charge in [0, 0.05) is 0 Å². The summed E-state index contributed by atoms with van der Waals surface area (Å²) in [5, 5.41) is 13.5. The molecule has 0 spiro atoms. The van der Waals surface area contributed by atoms with Crippen molar-refractivity contribution in [3.63, 3.8) is 0 Å². The molecular weight excluding hydrogens is 362 g/mol. The lowest BCUT2D eigenvalue weighted by molar-refractivity contribution is -0.308. The van der Waals surface area contributed by atoms with Gasteiger partial charge in [0.2, 0.25) is 0 Å². The summed E-state index contributed by atoms with van der Waals surface area (Å²) in [5.41, 5.74) is 2.07. The van der Waals surface area contributed by atoms with Crippen LogP contribution >= 0.6 is 11.8 Å². The number of carboxylic acids is 1. The van der Waals surface area contributed by atoms with Crippen molar-refractivity contribution in [1.29, 1.82) is 0 Å². The van der Waals surface area contributed by atoms with E-state index in [0.717, 1.165) is 16.7 Å². The number of carbonyl (C=O) groups excluding carboxylic acids is 2. The highest BCUT2D eigenvalue weighted by molar-refractivity contribution is 7.98. The van der Waals surface area contributed by atoms with Crippen molar-refractivity contribution in [2.24, 2.45) is 0 Å². The number of hydrogen-bond acceptors (Lipinski definition) is 5. The summed E-state index contributed by atoms with van der Waals surface area (Å²) in [4.78, 5) is 23.3. The monoisotopic (exact) mass is 386 g/mol. The number of carbonyl (C=O) groups is 2. The van der Waals surface area contributed by atoms with Gasteiger partial charge in [-0.3, -0.25) is 0 Å². The van der Waals surface area contributed by atoms with Gasteiger partial charge in [0.1, 0.15) is 5.60 Å². The Morgan fingerprint density at radius 3 is 2.22 bits per heavy atom. The van der Waals surface area contributed by atoms with Crippen molar-refractivity contribution >= 4 is 23.8 Å². The van der Waals surface area contributed by atoms with Crippen LogP contribution in [0.4, 0.5) is 4.79 Å². The minimum atomic E-state index is -1.31. The standard InChI is InChI=1S/C21H25NO4S/c1-21(2,26-20(25)22-18(19(23)24)13-14-27-3)17-11-9-16(10-12-17)15-7-5-4-6-8-15/h4-12,18H,13-14H2,1-3H3,(H,22,25)(H,23,24)/p-1. The van der Waals surface area contributed by atoms with Gasteiger partial charge in [-0.05, 0) is 49.0 Å². The molecule has 2 aromatic carbocycles. The van der Waals surface area contributed by atoms with Crippen LogP contribution in [0, 0.1) is 0 Å². The Labute approximate surface area is 164 Å². The summed E-state index contributed by atoms with van der Waals surface area (Å²) >= 11 is 1.50. The van der Waals surface area contributed by atoms with Crippen molar-refractivity contribution in [3.05, 3.63) is 60.2 Å². The minimum absolute atomic E-state index is 0.283. The van der Waals surface area contributed by atoms with Gasteiger partial charge in [0.15, 0.2) is 0 Å². The van der Waals surface area contributed by atoms with Crippen molar-refractivity contribution in [2.75, 3.05) is 12.0 Å². The third kappa shape index (κ3) is 6.03. The first kappa shape index (κ1) is 20.8. The number of benzene rings is 2. The average Bonchev–Trinajstić information content (AvgIpc) is 2.65. The molecule has 5 nitrogen and oxygen atoms in total. The Hall–Kier alpha value is -2.47. The van der Waals surface area contributed by atoms with E-state index in [2.05, 4.69) is 5.32 Å². The van der Waals surface area contributed by atoms with E-state index in [1.165, 1.54) is 11.8 Å². The first-order valence-corrected chi connectivity index (χ1v) is 10.1. The van der Waals surface area contributed by atoms with Crippen molar-refractivity contribution in [3.8, 4) is 11.1 Å². The second-order valence-corrected chi connectivity index (χ2v) is 7.63. The summed E-state index contributed by atoms with van der Waals surface area (Å²) < 4.78 is 5.48. The molecule has 0 aliphatic rings. The highest BCUT2D eigenvalue weighted by atomic mass is 32.2. The van der Waals surface area contributed by atoms with Crippen LogP contribution in [0.2, 0.25) is 0 Å². The molecule has 1 amide bonds. The van der Waals surface area contributed by atoms with Crippen LogP contribution in [0.5, 0.6) is 0 Å². The van der Waals surface area contributed by atoms with Crippen LogP contribution in [-0.4, -0.2) is 30.1 Å². The van der Waals surface area contributed by atoms with Crippen LogP contribution in [0.1, 0.15) is 25.8 Å². The molecule has 2 rings (SSSR count). The van der Waals surface area contributed by atoms with Crippen LogP contribution < -0.4 is 10.4 Å². The highest BCUT2D eigenvalue weighted by Crippen LogP contribution is 2.28. The van der Waals surface area contributed by atoms with E-state index in [1.807, 2.05) is 60.9 Å². The summed E-state index contributed by atoms with van der Waals surface area (Å²) in [6.07, 6.45) is 1.37. The number of alkyl carbamates (subject to hydrolysis) is 1. The fourth-order valence-electron chi connectivity index (χ4n) is 2.64. The quantitative estimate of drug-likeness (QED) is 0.754. The van der Waals surface area contributed by atoms with E-state index < -0.39 is 23.7 Å². The summed E-state index contributed by atoms with van der Waals surface area (Å²) in [5.74, 6) is -0.713. The molecule has 0 radical (unpaired) electrons. The second-order valence-electron chi connectivity index (χ2n) is 6.64. The first-order chi connectivity index (χ1) is 12.8. The lowest BCUT2D eigenvalue weighted by Crippen LogP contribution is -2.49. The number of ether oxygens (including phenoxy) is 1. The normalized spacial score (nSPS) is 12.3. The number of aliphatic carboxylic acids is 1. The fourth-order valence-corrected chi connectivity index (χ4v) is 3.11. The van der Waals surface area contributed by atoms with Gasteiger partial charge in [-0.1, -0.05) is 54.6 Å². The number of hydrogen-bond donors (Lipinski definition) is 1. The number of amides is 1. The molecule has 27 heavy (non-hydrogen) atoms. The molecule has 1 unspecified atom stereocenters. The lowest BCUT2D eigenvalue weighted by atomic mass is 9.95. The topological polar surface area (TPSA) is 78.5 Å². The zero-order valence-corrected chi connectivity index (χ0v) is 16.5. The lowest BCUT2D eigenvalue weighted by Gasteiger charge is -2.28. The molecule has 0 fully saturated rings. The SMILES string of the molecule is CSCCC(NC(=O)OC(C)(C)c1ccc(-c2ccccc2)cc1)C(=O)[O-]. The molecule has 0 aliphatic carbocycles. The van der Waals surface area contributed by atoms with Crippen LogP contribution in [0.25, 0.3) is 11.1 Å². The number of thioether (sulfide) groups is 1. The van der Waals surface area contributed by atoms with E-state index in [4.69, 9.17) is 4.74 Å². The molecule has 1 atom stereocenters. The zero-order chi connectivity index (χ0) is 19.9. The van der Waals surface area contributed by atoms with Crippen LogP contribution in [0.15, 0.2) is 54.6 Å². The van der Waals surface area contributed by atoms with Crippen molar-refractivity contribution in [1.82, 2.24) is 5.32 Å². The second kappa shape index (κ2) is 9.46. The van der Waals surface area contributed by atoms with E-state index in [-0.39, 0.29) is 6.42 Å². The van der Waals surface area contributed by atoms with E-state index >= 15 is 0 Å². The number of rotatable bonds is 8. The Kier molecular flexibility index (Phi) is 7.30. The van der Waals surface area contributed by atoms with Crippen molar-refractivity contribution < 1.29 is 19.4 Å². The maximum absolute atomic E-state index is 12.2. The molecule has 0 saturated heterocycles. The molecule has 0 bridgehead atoms. The smallest absolute Gasteiger partial charge is 0.408 e. The highest BCUT2D eigenvalue weighted by Gasteiger charge is 2.26. The van der Waals surface area contributed by atoms with E-state index in [9.17, 15) is 14.7 Å². The van der Waals surface area contributed by atoms with E-state index in [0.29, 0.717) is 5.75 Å². The summed E-state index contributed by atoms with van der Waals surface area (Å²) in [6.45, 7) is 3.53. The third-order valence-electron chi connectivity index (χ3n) is 4.22. The maximum Gasteiger partial charge on any atom is 0.408 e. The average molecular weight is 386 g/mol. The van der Waals surface area contributed by atoms with Gasteiger partial charge < -0.3 is 20.0 Å². The predicted molar refractivity (Wildman–Crippen MR) is 106 cm³/mol. The summed E-state index contributed by atoms with van der Waals surface area (Å²) in [7, 11) is 0. The van der Waals surface area contributed by atoms with Gasteiger partial charge in [0.25, 0.3) is 0 Å². The van der Waals surface area contributed by atoms with Gasteiger partial charge in [-0.15, -0.1) is 0 Å². The maximum atomic E-state index is 12.2. The molecule has 2 aromatic rings. The Balaban J connectivity index is 2.04. The molecule has 0 aliphatic heterocycles. The Bertz CT molecular complexity index is 760. The Morgan fingerprint density at radius 1 is 1.07 bits per heavy atom. The minimum Gasteiger partial charge on any atom is -0.548 e. The molecular formula is C21H24NO4S-. The third-order valence-corrected chi connectivity index (χ3v) is 4.87. The predicted octanol–water partition coefficient (Wildman–Crippen LogP) is 3.19.